The van der Waals surface area contributed by atoms with Gasteiger partial charge in [0, 0.05) is 17.9 Å². The van der Waals surface area contributed by atoms with Crippen molar-refractivity contribution in [3.8, 4) is 5.75 Å². The minimum Gasteiger partial charge on any atom is -0.483 e. The molecule has 1 aromatic heterocycles. The number of anilines is 2. The maximum atomic E-state index is 12.9. The van der Waals surface area contributed by atoms with Gasteiger partial charge in [-0.3, -0.25) is 9.59 Å². The Balaban J connectivity index is 1.47. The first kappa shape index (κ1) is 19.2. The third kappa shape index (κ3) is 4.32. The van der Waals surface area contributed by atoms with E-state index in [-0.39, 0.29) is 18.4 Å². The fourth-order valence-electron chi connectivity index (χ4n) is 3.46. The number of amides is 2. The third-order valence-electron chi connectivity index (χ3n) is 4.92. The first-order valence-corrected chi connectivity index (χ1v) is 10.5. The quantitative estimate of drug-likeness (QED) is 0.670. The Kier molecular flexibility index (Phi) is 5.62. The Morgan fingerprint density at radius 3 is 2.79 bits per heavy atom. The van der Waals surface area contributed by atoms with E-state index in [9.17, 15) is 9.59 Å². The molecule has 1 aliphatic rings. The SMILES string of the molecule is Cc1ccccc1OCC(=O)Nc1ccc2c(c1)N(C(=O)c1cccs1)CCC2. The summed E-state index contributed by atoms with van der Waals surface area (Å²) in [7, 11) is 0. The zero-order chi connectivity index (χ0) is 20.2. The van der Waals surface area contributed by atoms with Crippen molar-refractivity contribution in [1.29, 1.82) is 0 Å². The molecule has 0 saturated heterocycles. The standard InChI is InChI=1S/C23H22N2O3S/c1-16-6-2-3-8-20(16)28-15-22(26)24-18-11-10-17-7-4-12-25(19(17)14-18)23(27)21-9-5-13-29-21/h2-3,5-6,8-11,13-14H,4,7,12,15H2,1H3,(H,24,26). The topological polar surface area (TPSA) is 58.6 Å². The van der Waals surface area contributed by atoms with Crippen molar-refractivity contribution >= 4 is 34.5 Å². The molecule has 0 spiro atoms. The summed E-state index contributed by atoms with van der Waals surface area (Å²) in [5, 5.41) is 4.78. The number of aryl methyl sites for hydroxylation is 2. The molecule has 0 saturated carbocycles. The molecule has 0 aliphatic carbocycles. The van der Waals surface area contributed by atoms with Crippen molar-refractivity contribution in [2.45, 2.75) is 19.8 Å². The normalized spacial score (nSPS) is 12.9. The van der Waals surface area contributed by atoms with Gasteiger partial charge in [-0.05, 0) is 60.5 Å². The number of fused-ring (bicyclic) bond motifs is 1. The Labute approximate surface area is 173 Å². The van der Waals surface area contributed by atoms with Crippen molar-refractivity contribution in [3.63, 3.8) is 0 Å². The zero-order valence-electron chi connectivity index (χ0n) is 16.2. The van der Waals surface area contributed by atoms with Gasteiger partial charge in [0.15, 0.2) is 6.61 Å². The summed E-state index contributed by atoms with van der Waals surface area (Å²) in [6.07, 6.45) is 1.86. The monoisotopic (exact) mass is 406 g/mol. The molecule has 0 bridgehead atoms. The van der Waals surface area contributed by atoms with Crippen LogP contribution in [0.2, 0.25) is 0 Å². The van der Waals surface area contributed by atoms with Gasteiger partial charge in [0.05, 0.1) is 4.88 Å². The van der Waals surface area contributed by atoms with E-state index in [1.165, 1.54) is 11.3 Å². The van der Waals surface area contributed by atoms with Gasteiger partial charge in [0.1, 0.15) is 5.75 Å². The van der Waals surface area contributed by atoms with Gasteiger partial charge >= 0.3 is 0 Å². The lowest BCUT2D eigenvalue weighted by atomic mass is 10.0. The summed E-state index contributed by atoms with van der Waals surface area (Å²) >= 11 is 1.44. The van der Waals surface area contributed by atoms with E-state index in [2.05, 4.69) is 5.32 Å². The second-order valence-corrected chi connectivity index (χ2v) is 7.93. The number of thiophene rings is 1. The molecule has 3 aromatic rings. The van der Waals surface area contributed by atoms with Gasteiger partial charge in [0.2, 0.25) is 0 Å². The van der Waals surface area contributed by atoms with E-state index in [0.717, 1.165) is 34.5 Å². The number of rotatable bonds is 5. The van der Waals surface area contributed by atoms with Crippen LogP contribution in [0.4, 0.5) is 11.4 Å². The maximum absolute atomic E-state index is 12.9. The summed E-state index contributed by atoms with van der Waals surface area (Å²) in [5.74, 6) is 0.466. The molecular weight excluding hydrogens is 384 g/mol. The first-order valence-electron chi connectivity index (χ1n) is 9.58. The molecule has 1 N–H and O–H groups in total. The highest BCUT2D eigenvalue weighted by atomic mass is 32.1. The van der Waals surface area contributed by atoms with Crippen LogP contribution in [-0.2, 0) is 11.2 Å². The van der Waals surface area contributed by atoms with Crippen molar-refractivity contribution in [2.24, 2.45) is 0 Å². The van der Waals surface area contributed by atoms with E-state index in [1.807, 2.05) is 71.8 Å². The molecular formula is C23H22N2O3S. The average Bonchev–Trinajstić information content (AvgIpc) is 3.27. The summed E-state index contributed by atoms with van der Waals surface area (Å²) < 4.78 is 5.62. The molecule has 0 unspecified atom stereocenters. The van der Waals surface area contributed by atoms with Crippen LogP contribution in [0.25, 0.3) is 0 Å². The smallest absolute Gasteiger partial charge is 0.268 e. The minimum atomic E-state index is -0.236. The largest absolute Gasteiger partial charge is 0.483 e. The highest BCUT2D eigenvalue weighted by Crippen LogP contribution is 2.32. The summed E-state index contributed by atoms with van der Waals surface area (Å²) in [6, 6.07) is 17.1. The van der Waals surface area contributed by atoms with Crippen LogP contribution in [0.3, 0.4) is 0 Å². The molecule has 6 heteroatoms. The van der Waals surface area contributed by atoms with Gasteiger partial charge in [0.25, 0.3) is 11.8 Å². The van der Waals surface area contributed by atoms with Crippen LogP contribution >= 0.6 is 11.3 Å². The fourth-order valence-corrected chi connectivity index (χ4v) is 4.13. The van der Waals surface area contributed by atoms with Crippen molar-refractivity contribution in [3.05, 3.63) is 76.0 Å². The van der Waals surface area contributed by atoms with Crippen molar-refractivity contribution in [1.82, 2.24) is 0 Å². The highest BCUT2D eigenvalue weighted by Gasteiger charge is 2.24. The molecule has 1 aliphatic heterocycles. The Morgan fingerprint density at radius 1 is 1.14 bits per heavy atom. The maximum Gasteiger partial charge on any atom is 0.268 e. The van der Waals surface area contributed by atoms with E-state index < -0.39 is 0 Å². The predicted molar refractivity (Wildman–Crippen MR) is 116 cm³/mol. The number of nitrogens with one attached hydrogen (secondary N) is 1. The molecule has 0 radical (unpaired) electrons. The van der Waals surface area contributed by atoms with Gasteiger partial charge < -0.3 is 15.0 Å². The van der Waals surface area contributed by atoms with E-state index >= 15 is 0 Å². The number of carbonyl (C=O) groups is 2. The summed E-state index contributed by atoms with van der Waals surface area (Å²) in [6.45, 7) is 2.55. The van der Waals surface area contributed by atoms with Crippen molar-refractivity contribution < 1.29 is 14.3 Å². The summed E-state index contributed by atoms with van der Waals surface area (Å²) in [4.78, 5) is 27.8. The number of hydrogen-bond donors (Lipinski definition) is 1. The molecule has 0 atom stereocenters. The average molecular weight is 407 g/mol. The fraction of sp³-hybridized carbons (Fsp3) is 0.217. The predicted octanol–water partition coefficient (Wildman–Crippen LogP) is 4.67. The number of ether oxygens (including phenoxy) is 1. The second kappa shape index (κ2) is 8.49. The Bertz CT molecular complexity index is 1030. The highest BCUT2D eigenvalue weighted by molar-refractivity contribution is 7.12. The number of para-hydroxylation sites is 1. The van der Waals surface area contributed by atoms with Crippen LogP contribution in [0.5, 0.6) is 5.75 Å². The van der Waals surface area contributed by atoms with Gasteiger partial charge in [-0.2, -0.15) is 0 Å². The van der Waals surface area contributed by atoms with Gasteiger partial charge in [-0.25, -0.2) is 0 Å². The molecule has 2 amide bonds. The number of carbonyl (C=O) groups excluding carboxylic acids is 2. The first-order chi connectivity index (χ1) is 14.1. The molecule has 4 rings (SSSR count). The van der Waals surface area contributed by atoms with Crippen molar-refractivity contribution in [2.75, 3.05) is 23.4 Å². The minimum absolute atomic E-state index is 0.00677. The van der Waals surface area contributed by atoms with Crippen LogP contribution in [0.1, 0.15) is 27.2 Å². The van der Waals surface area contributed by atoms with Crippen LogP contribution in [0.15, 0.2) is 60.0 Å². The number of benzene rings is 2. The number of nitrogens with zero attached hydrogens (tertiary/aromatic N) is 1. The molecule has 5 nitrogen and oxygen atoms in total. The molecule has 148 valence electrons. The van der Waals surface area contributed by atoms with Gasteiger partial charge in [-0.15, -0.1) is 11.3 Å². The lowest BCUT2D eigenvalue weighted by molar-refractivity contribution is -0.118. The molecule has 0 fully saturated rings. The van der Waals surface area contributed by atoms with Crippen LogP contribution in [0, 0.1) is 6.92 Å². The van der Waals surface area contributed by atoms with E-state index in [4.69, 9.17) is 4.74 Å². The van der Waals surface area contributed by atoms with Crippen LogP contribution in [-0.4, -0.2) is 25.0 Å². The Hall–Kier alpha value is -3.12. The second-order valence-electron chi connectivity index (χ2n) is 6.98. The van der Waals surface area contributed by atoms with Gasteiger partial charge in [-0.1, -0.05) is 30.3 Å². The Morgan fingerprint density at radius 2 is 2.00 bits per heavy atom. The third-order valence-corrected chi connectivity index (χ3v) is 5.78. The van der Waals surface area contributed by atoms with Crippen LogP contribution < -0.4 is 15.0 Å². The van der Waals surface area contributed by atoms with E-state index in [0.29, 0.717) is 18.0 Å². The molecule has 2 heterocycles. The summed E-state index contributed by atoms with van der Waals surface area (Å²) in [5.41, 5.74) is 3.63. The molecule has 29 heavy (non-hydrogen) atoms. The lowest BCUT2D eigenvalue weighted by Crippen LogP contribution is -2.35. The van der Waals surface area contributed by atoms with E-state index in [1.54, 1.807) is 0 Å². The molecule has 2 aromatic carbocycles. The zero-order valence-corrected chi connectivity index (χ0v) is 17.0. The lowest BCUT2D eigenvalue weighted by Gasteiger charge is -2.29. The number of hydrogen-bond acceptors (Lipinski definition) is 4.